The molecular weight excluding hydrogens is 299 g/mol. The zero-order valence-corrected chi connectivity index (χ0v) is 12.1. The van der Waals surface area contributed by atoms with E-state index in [-0.39, 0.29) is 21.7 Å². The third kappa shape index (κ3) is 2.98. The van der Waals surface area contributed by atoms with Crippen molar-refractivity contribution in [2.75, 3.05) is 11.1 Å². The van der Waals surface area contributed by atoms with E-state index in [1.54, 1.807) is 12.1 Å². The highest BCUT2D eigenvalue weighted by atomic mass is 35.5. The van der Waals surface area contributed by atoms with Crippen LogP contribution in [0.5, 0.6) is 5.75 Å². The normalized spacial score (nSPS) is 10.3. The van der Waals surface area contributed by atoms with E-state index < -0.39 is 0 Å². The summed E-state index contributed by atoms with van der Waals surface area (Å²) in [6.45, 7) is 1.87. The summed E-state index contributed by atoms with van der Waals surface area (Å²) in [6, 6.07) is 8.00. The second kappa shape index (κ2) is 5.61. The third-order valence-electron chi connectivity index (χ3n) is 2.73. The fraction of sp³-hybridized carbons (Fsp3) is 0.0714. The van der Waals surface area contributed by atoms with Crippen LogP contribution < -0.4 is 11.1 Å². The Hall–Kier alpha value is -1.91. The molecule has 0 aromatic heterocycles. The van der Waals surface area contributed by atoms with Crippen LogP contribution in [0.15, 0.2) is 30.3 Å². The fourth-order valence-electron chi connectivity index (χ4n) is 1.70. The molecule has 0 aliphatic rings. The summed E-state index contributed by atoms with van der Waals surface area (Å²) >= 11 is 11.6. The van der Waals surface area contributed by atoms with Crippen LogP contribution >= 0.6 is 23.2 Å². The van der Waals surface area contributed by atoms with E-state index in [0.29, 0.717) is 16.9 Å². The molecule has 20 heavy (non-hydrogen) atoms. The van der Waals surface area contributed by atoms with E-state index in [2.05, 4.69) is 5.32 Å². The maximum absolute atomic E-state index is 12.2. The second-order valence-corrected chi connectivity index (χ2v) is 5.15. The number of benzene rings is 2. The summed E-state index contributed by atoms with van der Waals surface area (Å²) < 4.78 is 0. The van der Waals surface area contributed by atoms with Gasteiger partial charge in [0.05, 0.1) is 15.6 Å². The van der Waals surface area contributed by atoms with Gasteiger partial charge in [-0.25, -0.2) is 0 Å². The number of phenolic OH excluding ortho intramolecular Hbond substituents is 1. The van der Waals surface area contributed by atoms with E-state index in [1.165, 1.54) is 12.1 Å². The average molecular weight is 311 g/mol. The van der Waals surface area contributed by atoms with Gasteiger partial charge in [-0.2, -0.15) is 0 Å². The topological polar surface area (TPSA) is 75.4 Å². The van der Waals surface area contributed by atoms with Crippen LogP contribution in [-0.4, -0.2) is 11.0 Å². The maximum Gasteiger partial charge on any atom is 0.257 e. The summed E-state index contributed by atoms with van der Waals surface area (Å²) in [4.78, 5) is 12.2. The largest absolute Gasteiger partial charge is 0.505 e. The summed E-state index contributed by atoms with van der Waals surface area (Å²) in [5.41, 5.74) is 7.82. The Bertz CT molecular complexity index is 664. The predicted molar refractivity (Wildman–Crippen MR) is 81.7 cm³/mol. The molecule has 0 bridgehead atoms. The summed E-state index contributed by atoms with van der Waals surface area (Å²) in [7, 11) is 0. The molecule has 2 aromatic rings. The molecule has 2 rings (SSSR count). The number of hydrogen-bond acceptors (Lipinski definition) is 3. The molecule has 0 aliphatic carbocycles. The number of aryl methyl sites for hydroxylation is 1. The molecule has 1 amide bonds. The Morgan fingerprint density at radius 1 is 1.20 bits per heavy atom. The highest BCUT2D eigenvalue weighted by Crippen LogP contribution is 2.34. The number of halogens is 2. The number of amides is 1. The van der Waals surface area contributed by atoms with Gasteiger partial charge < -0.3 is 16.2 Å². The van der Waals surface area contributed by atoms with Gasteiger partial charge in [0, 0.05) is 11.4 Å². The second-order valence-electron chi connectivity index (χ2n) is 4.33. The van der Waals surface area contributed by atoms with Crippen LogP contribution in [0, 0.1) is 6.92 Å². The smallest absolute Gasteiger partial charge is 0.257 e. The first kappa shape index (κ1) is 14.5. The average Bonchev–Trinajstić information content (AvgIpc) is 2.38. The van der Waals surface area contributed by atoms with Crippen molar-refractivity contribution in [3.05, 3.63) is 51.5 Å². The fourth-order valence-corrected chi connectivity index (χ4v) is 2.19. The Morgan fingerprint density at radius 3 is 2.40 bits per heavy atom. The molecule has 0 spiro atoms. The Kier molecular flexibility index (Phi) is 4.06. The first-order chi connectivity index (χ1) is 9.38. The minimum Gasteiger partial charge on any atom is -0.505 e. The molecule has 0 aliphatic heterocycles. The zero-order valence-electron chi connectivity index (χ0n) is 10.6. The van der Waals surface area contributed by atoms with Gasteiger partial charge in [0.2, 0.25) is 0 Å². The number of aromatic hydroxyl groups is 1. The number of rotatable bonds is 2. The summed E-state index contributed by atoms with van der Waals surface area (Å²) in [5, 5.41) is 12.2. The Morgan fingerprint density at radius 2 is 1.80 bits per heavy atom. The molecule has 0 unspecified atom stereocenters. The lowest BCUT2D eigenvalue weighted by Crippen LogP contribution is -2.14. The minimum absolute atomic E-state index is 0.0602. The number of nitrogen functional groups attached to an aromatic ring is 1. The van der Waals surface area contributed by atoms with E-state index in [0.717, 1.165) is 5.56 Å². The van der Waals surface area contributed by atoms with Crippen molar-refractivity contribution >= 4 is 40.5 Å². The number of anilines is 2. The Labute approximate surface area is 126 Å². The molecule has 0 saturated carbocycles. The first-order valence-corrected chi connectivity index (χ1v) is 6.49. The van der Waals surface area contributed by atoms with Gasteiger partial charge in [-0.05, 0) is 31.2 Å². The monoisotopic (exact) mass is 310 g/mol. The van der Waals surface area contributed by atoms with Crippen molar-refractivity contribution in [3.8, 4) is 5.75 Å². The Balaban J connectivity index is 2.30. The van der Waals surface area contributed by atoms with Crippen molar-refractivity contribution in [2.45, 2.75) is 6.92 Å². The standard InChI is InChI=1S/C14H12Cl2N2O2/c1-7-2-3-12(17)9(4-7)14(20)18-8-5-10(15)13(19)11(16)6-8/h2-6,19H,17H2,1H3,(H,18,20). The molecule has 4 N–H and O–H groups in total. The highest BCUT2D eigenvalue weighted by molar-refractivity contribution is 6.37. The van der Waals surface area contributed by atoms with Crippen LogP contribution in [0.1, 0.15) is 15.9 Å². The zero-order chi connectivity index (χ0) is 14.9. The summed E-state index contributed by atoms with van der Waals surface area (Å²) in [6.07, 6.45) is 0. The molecular formula is C14H12Cl2N2O2. The number of carbonyl (C=O) groups excluding carboxylic acids is 1. The molecule has 0 saturated heterocycles. The van der Waals surface area contributed by atoms with Crippen LogP contribution in [-0.2, 0) is 0 Å². The molecule has 0 radical (unpaired) electrons. The van der Waals surface area contributed by atoms with Crippen LogP contribution in [0.2, 0.25) is 10.0 Å². The van der Waals surface area contributed by atoms with Crippen molar-refractivity contribution in [3.63, 3.8) is 0 Å². The molecule has 6 heteroatoms. The maximum atomic E-state index is 12.2. The molecule has 0 fully saturated rings. The molecule has 0 atom stereocenters. The van der Waals surface area contributed by atoms with Gasteiger partial charge >= 0.3 is 0 Å². The number of carbonyl (C=O) groups is 1. The SMILES string of the molecule is Cc1ccc(N)c(C(=O)Nc2cc(Cl)c(O)c(Cl)c2)c1. The van der Waals surface area contributed by atoms with E-state index in [9.17, 15) is 9.90 Å². The minimum atomic E-state index is -0.371. The van der Waals surface area contributed by atoms with Crippen molar-refractivity contribution in [1.82, 2.24) is 0 Å². The van der Waals surface area contributed by atoms with E-state index in [1.807, 2.05) is 13.0 Å². The molecule has 0 heterocycles. The van der Waals surface area contributed by atoms with Crippen molar-refractivity contribution in [1.29, 1.82) is 0 Å². The summed E-state index contributed by atoms with van der Waals surface area (Å²) in [5.74, 6) is -0.592. The molecule has 104 valence electrons. The highest BCUT2D eigenvalue weighted by Gasteiger charge is 2.12. The third-order valence-corrected chi connectivity index (χ3v) is 3.30. The quantitative estimate of drug-likeness (QED) is 0.582. The van der Waals surface area contributed by atoms with E-state index >= 15 is 0 Å². The van der Waals surface area contributed by atoms with Crippen molar-refractivity contribution < 1.29 is 9.90 Å². The number of nitrogens with two attached hydrogens (primary N) is 1. The van der Waals surface area contributed by atoms with Gasteiger partial charge in [-0.1, -0.05) is 34.8 Å². The lowest BCUT2D eigenvalue weighted by Gasteiger charge is -2.10. The van der Waals surface area contributed by atoms with Gasteiger partial charge in [0.15, 0.2) is 5.75 Å². The predicted octanol–water partition coefficient (Wildman–Crippen LogP) is 3.84. The first-order valence-electron chi connectivity index (χ1n) is 5.74. The van der Waals surface area contributed by atoms with Crippen molar-refractivity contribution in [2.24, 2.45) is 0 Å². The number of phenols is 1. The van der Waals surface area contributed by atoms with Crippen LogP contribution in [0.3, 0.4) is 0 Å². The molecule has 4 nitrogen and oxygen atoms in total. The lowest BCUT2D eigenvalue weighted by molar-refractivity contribution is 0.102. The number of nitrogens with one attached hydrogen (secondary N) is 1. The van der Waals surface area contributed by atoms with Gasteiger partial charge in [-0.15, -0.1) is 0 Å². The van der Waals surface area contributed by atoms with Crippen LogP contribution in [0.25, 0.3) is 0 Å². The van der Waals surface area contributed by atoms with E-state index in [4.69, 9.17) is 28.9 Å². The lowest BCUT2D eigenvalue weighted by atomic mass is 10.1. The van der Waals surface area contributed by atoms with Crippen LogP contribution in [0.4, 0.5) is 11.4 Å². The van der Waals surface area contributed by atoms with Gasteiger partial charge in [0.25, 0.3) is 5.91 Å². The van der Waals surface area contributed by atoms with Gasteiger partial charge in [-0.3, -0.25) is 4.79 Å². The van der Waals surface area contributed by atoms with Gasteiger partial charge in [0.1, 0.15) is 0 Å². The number of hydrogen-bond donors (Lipinski definition) is 3. The molecule has 2 aromatic carbocycles.